The summed E-state index contributed by atoms with van der Waals surface area (Å²) in [4.78, 5) is 0. The highest BCUT2D eigenvalue weighted by Gasteiger charge is 2.75. The number of hydrogen-bond donors (Lipinski definition) is 2. The third kappa shape index (κ3) is 3.27. The Bertz CT molecular complexity index is 1690. The molecule has 2 aromatic carbocycles. The van der Waals surface area contributed by atoms with Gasteiger partial charge in [0.05, 0.1) is 11.1 Å². The molecule has 0 saturated carbocycles. The molecule has 2 atom stereocenters. The molecule has 1 saturated heterocycles. The van der Waals surface area contributed by atoms with E-state index < -0.39 is 15.9 Å². The maximum Gasteiger partial charge on any atom is 0.715 e. The molecule has 2 N–H and O–H groups in total. The van der Waals surface area contributed by atoms with Gasteiger partial charge in [0.2, 0.25) is 9.84 Å². The molecular formula is C31H34N4O4S+2. The molecule has 8 nitrogen and oxygen atoms in total. The van der Waals surface area contributed by atoms with Crippen LogP contribution in [0.5, 0.6) is 11.5 Å². The fourth-order valence-electron chi connectivity index (χ4n) is 7.55. The van der Waals surface area contributed by atoms with Crippen molar-refractivity contribution in [3.8, 4) is 11.5 Å². The summed E-state index contributed by atoms with van der Waals surface area (Å²) >= 11 is 0. The van der Waals surface area contributed by atoms with Crippen LogP contribution in [0.1, 0.15) is 88.5 Å². The summed E-state index contributed by atoms with van der Waals surface area (Å²) in [5.41, 5.74) is 7.36. The minimum atomic E-state index is -3.52. The third-order valence-corrected chi connectivity index (χ3v) is 10.1. The number of sulfone groups is 1. The molecule has 8 rings (SSSR count). The fraction of sp³-hybridized carbons (Fsp3) is 0.419. The summed E-state index contributed by atoms with van der Waals surface area (Å²) in [6, 6.07) is 7.03. The SMILES string of the molecule is CC1CC(C)(C)Nc2cc3c(cc21)C=[N+]1C2=CS(=O)(=O)C=C2[N+]2=Cc4cc5c(cc4OC12O3)NC(C)(C)CC5C. The van der Waals surface area contributed by atoms with Gasteiger partial charge in [-0.05, 0) is 84.8 Å². The van der Waals surface area contributed by atoms with E-state index in [2.05, 4.69) is 76.4 Å². The molecule has 1 spiro atoms. The van der Waals surface area contributed by atoms with E-state index in [1.54, 1.807) is 0 Å². The topological polar surface area (TPSA) is 82.7 Å². The van der Waals surface area contributed by atoms with Gasteiger partial charge in [0.25, 0.3) is 0 Å². The van der Waals surface area contributed by atoms with Crippen LogP contribution in [0.15, 0.2) is 46.5 Å². The molecule has 2 aromatic rings. The van der Waals surface area contributed by atoms with Gasteiger partial charge in [-0.3, -0.25) is 0 Å². The van der Waals surface area contributed by atoms with E-state index >= 15 is 0 Å². The highest BCUT2D eigenvalue weighted by molar-refractivity contribution is 7.97. The Kier molecular flexibility index (Phi) is 4.35. The molecule has 2 unspecified atom stereocenters. The van der Waals surface area contributed by atoms with Crippen molar-refractivity contribution < 1.29 is 27.0 Å². The third-order valence-electron chi connectivity index (χ3n) is 8.97. The Hall–Kier alpha value is -3.59. The highest BCUT2D eigenvalue weighted by atomic mass is 32.2. The van der Waals surface area contributed by atoms with Gasteiger partial charge in [-0.15, -0.1) is 0 Å². The number of ether oxygens (including phenoxy) is 2. The maximum atomic E-state index is 12.7. The van der Waals surface area contributed by atoms with Crippen molar-refractivity contribution in [3.63, 3.8) is 0 Å². The van der Waals surface area contributed by atoms with E-state index in [-0.39, 0.29) is 11.1 Å². The second-order valence-corrected chi connectivity index (χ2v) is 15.2. The standard InChI is InChI=1S/C31H32N4O4S/c1-17-11-29(3,4)32-23-9-27-19(7-21(17)23)13-34-25-15-40(36,37)16-26(25)35-14-20-8-22-18(2)12-30(5,6)33-24(22)10-28(20)39-31(34,35)38-27/h7-10,13-18H,11-12H2,1-6H3/p+2. The first kappa shape index (κ1) is 24.2. The van der Waals surface area contributed by atoms with E-state index in [1.165, 1.54) is 21.9 Å². The molecule has 0 aromatic heterocycles. The molecule has 0 radical (unpaired) electrons. The lowest BCUT2D eigenvalue weighted by Crippen LogP contribution is -2.59. The van der Waals surface area contributed by atoms with Gasteiger partial charge in [-0.2, -0.15) is 0 Å². The molecule has 6 aliphatic rings. The number of fused-ring (bicyclic) bond motifs is 7. The maximum absolute atomic E-state index is 12.7. The van der Waals surface area contributed by atoms with Crippen molar-refractivity contribution >= 4 is 33.6 Å². The zero-order valence-electron chi connectivity index (χ0n) is 23.6. The van der Waals surface area contributed by atoms with E-state index in [1.807, 2.05) is 21.6 Å². The van der Waals surface area contributed by atoms with Gasteiger partial charge < -0.3 is 20.1 Å². The Labute approximate surface area is 234 Å². The minimum absolute atomic E-state index is 0.0329. The van der Waals surface area contributed by atoms with Crippen LogP contribution in [0.3, 0.4) is 0 Å². The van der Waals surface area contributed by atoms with Crippen LogP contribution in [0.25, 0.3) is 0 Å². The first-order valence-corrected chi connectivity index (χ1v) is 15.6. The molecule has 40 heavy (non-hydrogen) atoms. The number of anilines is 2. The van der Waals surface area contributed by atoms with Gasteiger partial charge in [-0.25, -0.2) is 8.42 Å². The predicted octanol–water partition coefficient (Wildman–Crippen LogP) is 5.17. The summed E-state index contributed by atoms with van der Waals surface area (Å²) < 4.78 is 42.8. The lowest BCUT2D eigenvalue weighted by molar-refractivity contribution is -0.838. The first-order valence-electron chi connectivity index (χ1n) is 14.0. The zero-order chi connectivity index (χ0) is 28.0. The van der Waals surface area contributed by atoms with Gasteiger partial charge in [0.1, 0.15) is 10.8 Å². The molecule has 206 valence electrons. The second kappa shape index (κ2) is 7.18. The van der Waals surface area contributed by atoms with E-state index in [4.69, 9.17) is 9.47 Å². The summed E-state index contributed by atoms with van der Waals surface area (Å²) in [6.45, 7) is 13.3. The number of rotatable bonds is 0. The minimum Gasteiger partial charge on any atom is -0.380 e. The zero-order valence-corrected chi connectivity index (χ0v) is 24.4. The summed E-state index contributed by atoms with van der Waals surface area (Å²) in [7, 11) is -3.52. The number of nitrogens with one attached hydrogen (secondary N) is 2. The Balaban J connectivity index is 1.33. The van der Waals surface area contributed by atoms with Crippen molar-refractivity contribution in [3.05, 3.63) is 68.7 Å². The average Bonchev–Trinajstić information content (AvgIpc) is 3.25. The Morgan fingerprint density at radius 2 is 1.18 bits per heavy atom. The highest BCUT2D eigenvalue weighted by Crippen LogP contribution is 2.50. The van der Waals surface area contributed by atoms with Crippen molar-refractivity contribution in [2.45, 2.75) is 83.3 Å². The molecule has 0 aliphatic carbocycles. The second-order valence-electron chi connectivity index (χ2n) is 13.5. The molecule has 1 fully saturated rings. The molecule has 6 heterocycles. The van der Waals surface area contributed by atoms with Crippen LogP contribution in [0.4, 0.5) is 11.4 Å². The largest absolute Gasteiger partial charge is 0.715 e. The van der Waals surface area contributed by atoms with Crippen molar-refractivity contribution in [1.29, 1.82) is 0 Å². The van der Waals surface area contributed by atoms with Crippen molar-refractivity contribution in [2.24, 2.45) is 0 Å². The molecule has 0 amide bonds. The molecule has 6 aliphatic heterocycles. The summed E-state index contributed by atoms with van der Waals surface area (Å²) in [5.74, 6) is 2.11. The molecular weight excluding hydrogens is 524 g/mol. The van der Waals surface area contributed by atoms with Crippen LogP contribution in [0, 0.1) is 0 Å². The normalized spacial score (nSPS) is 30.4. The first-order chi connectivity index (χ1) is 18.7. The number of hydrogen-bond acceptors (Lipinski definition) is 6. The van der Waals surface area contributed by atoms with Crippen molar-refractivity contribution in [1.82, 2.24) is 0 Å². The van der Waals surface area contributed by atoms with Crippen LogP contribution in [-0.2, 0) is 9.84 Å². The van der Waals surface area contributed by atoms with Crippen LogP contribution in [-0.4, -0.2) is 47.1 Å². The van der Waals surface area contributed by atoms with Gasteiger partial charge in [0.15, 0.2) is 23.9 Å². The lowest BCUT2D eigenvalue weighted by atomic mass is 9.81. The number of benzene rings is 2. The van der Waals surface area contributed by atoms with Crippen LogP contribution < -0.4 is 20.1 Å². The van der Waals surface area contributed by atoms with E-state index in [0.717, 1.165) is 35.3 Å². The number of nitrogens with zero attached hydrogens (tertiary/aromatic N) is 2. The Morgan fingerprint density at radius 1 is 0.750 bits per heavy atom. The lowest BCUT2D eigenvalue weighted by Gasteiger charge is -2.38. The predicted molar refractivity (Wildman–Crippen MR) is 154 cm³/mol. The average molecular weight is 559 g/mol. The van der Waals surface area contributed by atoms with E-state index in [9.17, 15) is 8.42 Å². The van der Waals surface area contributed by atoms with Gasteiger partial charge in [-0.1, -0.05) is 13.8 Å². The van der Waals surface area contributed by atoms with Gasteiger partial charge in [0, 0.05) is 34.6 Å². The van der Waals surface area contributed by atoms with Crippen LogP contribution in [0.2, 0.25) is 0 Å². The van der Waals surface area contributed by atoms with Crippen LogP contribution >= 0.6 is 0 Å². The monoisotopic (exact) mass is 558 g/mol. The molecule has 9 heteroatoms. The van der Waals surface area contributed by atoms with Gasteiger partial charge >= 0.3 is 17.4 Å². The quantitative estimate of drug-likeness (QED) is 0.435. The fourth-order valence-corrected chi connectivity index (χ4v) is 8.71. The Morgan fingerprint density at radius 3 is 1.60 bits per heavy atom. The van der Waals surface area contributed by atoms with Crippen molar-refractivity contribution in [2.75, 3.05) is 10.6 Å². The summed E-state index contributed by atoms with van der Waals surface area (Å²) in [6.07, 6.45) is 5.96. The summed E-state index contributed by atoms with van der Waals surface area (Å²) in [5, 5.41) is 9.96. The molecule has 0 bridgehead atoms. The van der Waals surface area contributed by atoms with E-state index in [0.29, 0.717) is 34.7 Å². The smallest absolute Gasteiger partial charge is 0.380 e.